The summed E-state index contributed by atoms with van der Waals surface area (Å²) >= 11 is 0. The molecule has 1 amide bonds. The summed E-state index contributed by atoms with van der Waals surface area (Å²) in [5.74, 6) is -1.39. The quantitative estimate of drug-likeness (QED) is 0.263. The molecule has 0 saturated heterocycles. The molecule has 0 saturated carbocycles. The van der Waals surface area contributed by atoms with Gasteiger partial charge in [-0.25, -0.2) is 0 Å². The number of amides is 1. The van der Waals surface area contributed by atoms with Crippen molar-refractivity contribution < 1.29 is 9.83 Å². The van der Waals surface area contributed by atoms with Crippen molar-refractivity contribution in [3.63, 3.8) is 0 Å². The Balaban J connectivity index is 3.61. The van der Waals surface area contributed by atoms with Gasteiger partial charge < -0.3 is 5.43 Å². The normalized spacial score (nSPS) is 6.88. The number of hydrogen-bond acceptors (Lipinski definition) is 4. The molecule has 8 heavy (non-hydrogen) atoms. The second-order valence-electron chi connectivity index (χ2n) is 0.755. The Morgan fingerprint density at radius 3 is 2.50 bits per heavy atom. The molecule has 0 aromatic heterocycles. The number of nitriles is 1. The van der Waals surface area contributed by atoms with Gasteiger partial charge in [-0.1, -0.05) is 0 Å². The molecular formula is C2N3O3-. The average Bonchev–Trinajstić information content (AvgIpc) is 1.65. The van der Waals surface area contributed by atoms with Crippen molar-refractivity contribution in [3.05, 3.63) is 15.5 Å². The SMILES string of the molecule is N#CC(=O)[N-][N+](=O)[O-]. The van der Waals surface area contributed by atoms with E-state index in [2.05, 4.69) is 5.43 Å². The van der Waals surface area contributed by atoms with Crippen LogP contribution in [0.1, 0.15) is 0 Å². The standard InChI is InChI=1S/C2HN3O3/c3-1-2(6)4-5(7)8/h(H,4,6)/p-1. The first-order chi connectivity index (χ1) is 3.66. The number of carbonyl (C=O) groups excluding carboxylic acids is 1. The summed E-state index contributed by atoms with van der Waals surface area (Å²) in [4.78, 5) is 18.9. The Morgan fingerprint density at radius 1 is 1.88 bits per heavy atom. The lowest BCUT2D eigenvalue weighted by Gasteiger charge is -1.97. The summed E-state index contributed by atoms with van der Waals surface area (Å²) in [6.07, 6.45) is 0. The van der Waals surface area contributed by atoms with E-state index in [9.17, 15) is 14.9 Å². The lowest BCUT2D eigenvalue weighted by molar-refractivity contribution is -0.419. The third kappa shape index (κ3) is 2.59. The van der Waals surface area contributed by atoms with Gasteiger partial charge in [0.05, 0.1) is 0 Å². The first-order valence-electron chi connectivity index (χ1n) is 1.47. The van der Waals surface area contributed by atoms with E-state index in [1.807, 2.05) is 0 Å². The van der Waals surface area contributed by atoms with Crippen LogP contribution in [0, 0.1) is 21.4 Å². The molecule has 0 aliphatic heterocycles. The van der Waals surface area contributed by atoms with Crippen molar-refractivity contribution in [1.82, 2.24) is 0 Å². The average molecular weight is 114 g/mol. The van der Waals surface area contributed by atoms with E-state index < -0.39 is 10.9 Å². The molecule has 42 valence electrons. The zero-order valence-electron chi connectivity index (χ0n) is 3.57. The van der Waals surface area contributed by atoms with Crippen LogP contribution in [0.2, 0.25) is 0 Å². The molecule has 0 spiro atoms. The van der Waals surface area contributed by atoms with E-state index in [-0.39, 0.29) is 0 Å². The molecule has 6 nitrogen and oxygen atoms in total. The van der Waals surface area contributed by atoms with Crippen molar-refractivity contribution in [1.29, 1.82) is 5.26 Å². The lowest BCUT2D eigenvalue weighted by Crippen LogP contribution is -1.98. The maximum atomic E-state index is 9.65. The highest BCUT2D eigenvalue weighted by Crippen LogP contribution is 1.84. The highest BCUT2D eigenvalue weighted by Gasteiger charge is 1.86. The molecule has 0 atom stereocenters. The van der Waals surface area contributed by atoms with Gasteiger partial charge in [0, 0.05) is 0 Å². The van der Waals surface area contributed by atoms with Gasteiger partial charge in [-0.05, 0) is 5.03 Å². The van der Waals surface area contributed by atoms with E-state index in [4.69, 9.17) is 5.26 Å². The highest BCUT2D eigenvalue weighted by atomic mass is 16.7. The van der Waals surface area contributed by atoms with Crippen molar-refractivity contribution in [2.24, 2.45) is 0 Å². The molecule has 0 N–H and O–H groups in total. The van der Waals surface area contributed by atoms with Crippen molar-refractivity contribution in [2.45, 2.75) is 0 Å². The van der Waals surface area contributed by atoms with E-state index in [1.165, 1.54) is 0 Å². The van der Waals surface area contributed by atoms with Crippen LogP contribution in [0.25, 0.3) is 5.43 Å². The minimum absolute atomic E-state index is 0.949. The monoisotopic (exact) mass is 114 g/mol. The third-order valence-corrected chi connectivity index (χ3v) is 0.268. The minimum Gasteiger partial charge on any atom is -0.301 e. The number of rotatable bonds is 1. The number of carbonyl (C=O) groups is 1. The van der Waals surface area contributed by atoms with Crippen molar-refractivity contribution in [2.75, 3.05) is 0 Å². The molecule has 0 fully saturated rings. The van der Waals surface area contributed by atoms with Crippen LogP contribution in [0.3, 0.4) is 0 Å². The second kappa shape index (κ2) is 2.52. The molecule has 0 aliphatic carbocycles. The second-order valence-corrected chi connectivity index (χ2v) is 0.755. The molecule has 0 bridgehead atoms. The lowest BCUT2D eigenvalue weighted by atomic mass is 10.7. The molecule has 6 heteroatoms. The Hall–Kier alpha value is -1.64. The van der Waals surface area contributed by atoms with Crippen LogP contribution in [0.5, 0.6) is 0 Å². The summed E-state index contributed by atoms with van der Waals surface area (Å²) < 4.78 is 0. The van der Waals surface area contributed by atoms with E-state index in [0.717, 1.165) is 6.07 Å². The van der Waals surface area contributed by atoms with E-state index >= 15 is 0 Å². The largest absolute Gasteiger partial charge is 0.301 e. The molecule has 0 aromatic rings. The number of nitrogens with zero attached hydrogens (tertiary/aromatic N) is 3. The third-order valence-electron chi connectivity index (χ3n) is 0.268. The zero-order chi connectivity index (χ0) is 6.57. The fourth-order valence-electron chi connectivity index (χ4n) is 0.0965. The first kappa shape index (κ1) is 6.36. The molecule has 0 unspecified atom stereocenters. The maximum Gasteiger partial charge on any atom is 0.210 e. The molecule has 0 rings (SSSR count). The summed E-state index contributed by atoms with van der Waals surface area (Å²) in [5.41, 5.74) is 2.12. The van der Waals surface area contributed by atoms with Crippen LogP contribution < -0.4 is 0 Å². The number of nitro groups is 1. The fourth-order valence-corrected chi connectivity index (χ4v) is 0.0965. The van der Waals surface area contributed by atoms with Crippen molar-refractivity contribution in [3.8, 4) is 6.07 Å². The predicted octanol–water partition coefficient (Wildman–Crippen LogP) is -0.398. The maximum absolute atomic E-state index is 9.65. The summed E-state index contributed by atoms with van der Waals surface area (Å²) in [7, 11) is 0. The van der Waals surface area contributed by atoms with Gasteiger partial charge in [0.1, 0.15) is 6.07 Å². The Labute approximate surface area is 43.8 Å². The first-order valence-corrected chi connectivity index (χ1v) is 1.47. The van der Waals surface area contributed by atoms with Gasteiger partial charge in [-0.2, -0.15) is 5.26 Å². The Morgan fingerprint density at radius 2 is 2.38 bits per heavy atom. The van der Waals surface area contributed by atoms with Crippen LogP contribution >= 0.6 is 0 Å². The van der Waals surface area contributed by atoms with Gasteiger partial charge in [-0.3, -0.25) is 14.9 Å². The van der Waals surface area contributed by atoms with Crippen LogP contribution in [0.4, 0.5) is 0 Å². The Kier molecular flexibility index (Phi) is 2.00. The molecule has 0 radical (unpaired) electrons. The minimum atomic E-state index is -1.39. The van der Waals surface area contributed by atoms with Gasteiger partial charge in [-0.15, -0.1) is 0 Å². The summed E-state index contributed by atoms with van der Waals surface area (Å²) in [5, 5.41) is 15.6. The number of hydrogen-bond donors (Lipinski definition) is 0. The summed E-state index contributed by atoms with van der Waals surface area (Å²) in [6.45, 7) is 0. The smallest absolute Gasteiger partial charge is 0.210 e. The molecule has 0 aliphatic rings. The fraction of sp³-hybridized carbons (Fsp3) is 0. The van der Waals surface area contributed by atoms with Crippen LogP contribution in [-0.2, 0) is 4.79 Å². The van der Waals surface area contributed by atoms with Gasteiger partial charge in [0.15, 0.2) is 0 Å². The van der Waals surface area contributed by atoms with Crippen LogP contribution in [0.15, 0.2) is 0 Å². The van der Waals surface area contributed by atoms with E-state index in [0.29, 0.717) is 0 Å². The van der Waals surface area contributed by atoms with E-state index in [1.54, 1.807) is 0 Å². The molecule has 0 aromatic carbocycles. The van der Waals surface area contributed by atoms with Gasteiger partial charge in [0.2, 0.25) is 5.91 Å². The highest BCUT2D eigenvalue weighted by molar-refractivity contribution is 5.99. The van der Waals surface area contributed by atoms with Gasteiger partial charge >= 0.3 is 0 Å². The zero-order valence-corrected chi connectivity index (χ0v) is 3.57. The van der Waals surface area contributed by atoms with Gasteiger partial charge in [0.25, 0.3) is 0 Å². The Bertz CT molecular complexity index is 156. The van der Waals surface area contributed by atoms with Crippen LogP contribution in [-0.4, -0.2) is 10.9 Å². The predicted molar refractivity (Wildman–Crippen MR) is 21.0 cm³/mol. The topological polar surface area (TPSA) is 98.1 Å². The van der Waals surface area contributed by atoms with Crippen molar-refractivity contribution >= 4 is 5.91 Å². The molecule has 0 heterocycles. The summed E-state index contributed by atoms with van der Waals surface area (Å²) in [6, 6.07) is 0.949. The molecular weight excluding hydrogens is 114 g/mol.